The SMILES string of the molecule is Cc1c(N)ccc(C#CCC(N)=O)c1Cl. The van der Waals surface area contributed by atoms with Gasteiger partial charge in [-0.25, -0.2) is 0 Å². The summed E-state index contributed by atoms with van der Waals surface area (Å²) in [6.45, 7) is 1.82. The first kappa shape index (κ1) is 11.4. The molecule has 0 saturated heterocycles. The first-order chi connectivity index (χ1) is 7.02. The molecule has 0 spiro atoms. The number of benzene rings is 1. The number of hydrogen-bond donors (Lipinski definition) is 2. The number of primary amides is 1. The van der Waals surface area contributed by atoms with Crippen LogP contribution in [0.15, 0.2) is 12.1 Å². The van der Waals surface area contributed by atoms with Gasteiger partial charge < -0.3 is 11.5 Å². The molecule has 0 atom stereocenters. The van der Waals surface area contributed by atoms with Crippen molar-refractivity contribution in [2.75, 3.05) is 5.73 Å². The van der Waals surface area contributed by atoms with Crippen molar-refractivity contribution in [1.29, 1.82) is 0 Å². The van der Waals surface area contributed by atoms with Gasteiger partial charge in [0.05, 0.1) is 11.4 Å². The van der Waals surface area contributed by atoms with Gasteiger partial charge in [-0.15, -0.1) is 0 Å². The van der Waals surface area contributed by atoms with Gasteiger partial charge in [-0.2, -0.15) is 0 Å². The zero-order chi connectivity index (χ0) is 11.4. The maximum atomic E-state index is 10.5. The maximum absolute atomic E-state index is 10.5. The van der Waals surface area contributed by atoms with Gasteiger partial charge in [-0.05, 0) is 24.6 Å². The molecular formula is C11H11ClN2O. The Labute approximate surface area is 93.4 Å². The van der Waals surface area contributed by atoms with Crippen molar-refractivity contribution in [3.8, 4) is 11.8 Å². The molecule has 0 fully saturated rings. The third kappa shape index (κ3) is 2.90. The molecule has 1 aromatic rings. The van der Waals surface area contributed by atoms with E-state index in [0.29, 0.717) is 16.3 Å². The van der Waals surface area contributed by atoms with E-state index in [4.69, 9.17) is 23.1 Å². The molecule has 0 heterocycles. The molecule has 0 aliphatic carbocycles. The molecule has 0 aliphatic heterocycles. The van der Waals surface area contributed by atoms with Crippen molar-refractivity contribution in [2.45, 2.75) is 13.3 Å². The van der Waals surface area contributed by atoms with E-state index in [2.05, 4.69) is 11.8 Å². The van der Waals surface area contributed by atoms with E-state index >= 15 is 0 Å². The van der Waals surface area contributed by atoms with Crippen LogP contribution in [0.25, 0.3) is 0 Å². The molecule has 4 heteroatoms. The van der Waals surface area contributed by atoms with Gasteiger partial charge in [0.1, 0.15) is 0 Å². The molecule has 1 amide bonds. The fourth-order valence-electron chi connectivity index (χ4n) is 1.02. The van der Waals surface area contributed by atoms with Crippen molar-refractivity contribution in [2.24, 2.45) is 5.73 Å². The van der Waals surface area contributed by atoms with Crippen molar-refractivity contribution < 1.29 is 4.79 Å². The number of carbonyl (C=O) groups is 1. The van der Waals surface area contributed by atoms with E-state index in [-0.39, 0.29) is 6.42 Å². The molecule has 4 N–H and O–H groups in total. The van der Waals surface area contributed by atoms with Gasteiger partial charge in [0.15, 0.2) is 0 Å². The zero-order valence-corrected chi connectivity index (χ0v) is 9.06. The zero-order valence-electron chi connectivity index (χ0n) is 8.30. The fourth-order valence-corrected chi connectivity index (χ4v) is 1.24. The molecule has 0 saturated carbocycles. The van der Waals surface area contributed by atoms with E-state index in [0.717, 1.165) is 5.56 Å². The van der Waals surface area contributed by atoms with Crippen LogP contribution in [0.1, 0.15) is 17.5 Å². The van der Waals surface area contributed by atoms with Crippen LogP contribution in [0, 0.1) is 18.8 Å². The summed E-state index contributed by atoms with van der Waals surface area (Å²) in [6, 6.07) is 3.45. The summed E-state index contributed by atoms with van der Waals surface area (Å²) < 4.78 is 0. The second kappa shape index (κ2) is 4.72. The lowest BCUT2D eigenvalue weighted by molar-refractivity contribution is -0.117. The lowest BCUT2D eigenvalue weighted by atomic mass is 10.1. The Morgan fingerprint density at radius 1 is 1.53 bits per heavy atom. The highest BCUT2D eigenvalue weighted by atomic mass is 35.5. The Hall–Kier alpha value is -1.66. The van der Waals surface area contributed by atoms with Crippen LogP contribution in [0.3, 0.4) is 0 Å². The van der Waals surface area contributed by atoms with Crippen LogP contribution in [-0.4, -0.2) is 5.91 Å². The average Bonchev–Trinajstić information content (AvgIpc) is 2.18. The molecule has 0 unspecified atom stereocenters. The van der Waals surface area contributed by atoms with E-state index in [9.17, 15) is 4.79 Å². The number of nitrogens with two attached hydrogens (primary N) is 2. The van der Waals surface area contributed by atoms with Crippen molar-refractivity contribution in [1.82, 2.24) is 0 Å². The van der Waals surface area contributed by atoms with Crippen molar-refractivity contribution in [3.63, 3.8) is 0 Å². The first-order valence-corrected chi connectivity index (χ1v) is 4.72. The van der Waals surface area contributed by atoms with Crippen LogP contribution in [0.5, 0.6) is 0 Å². The predicted octanol–water partition coefficient (Wildman–Crippen LogP) is 1.46. The summed E-state index contributed by atoms with van der Waals surface area (Å²) in [6.07, 6.45) is 0.0275. The predicted molar refractivity (Wildman–Crippen MR) is 61.3 cm³/mol. The van der Waals surface area contributed by atoms with E-state index in [1.165, 1.54) is 0 Å². The molecular weight excluding hydrogens is 212 g/mol. The second-order valence-electron chi connectivity index (χ2n) is 3.09. The summed E-state index contributed by atoms with van der Waals surface area (Å²) in [5, 5.41) is 0.520. The number of rotatable bonds is 1. The molecule has 0 bridgehead atoms. The molecule has 1 rings (SSSR count). The molecule has 3 nitrogen and oxygen atoms in total. The minimum absolute atomic E-state index is 0.0275. The fraction of sp³-hybridized carbons (Fsp3) is 0.182. The molecule has 0 aliphatic rings. The maximum Gasteiger partial charge on any atom is 0.229 e. The lowest BCUT2D eigenvalue weighted by Gasteiger charge is -2.03. The van der Waals surface area contributed by atoms with Gasteiger partial charge in [-0.1, -0.05) is 23.4 Å². The van der Waals surface area contributed by atoms with E-state index < -0.39 is 5.91 Å². The van der Waals surface area contributed by atoms with Gasteiger partial charge in [0.25, 0.3) is 0 Å². The first-order valence-electron chi connectivity index (χ1n) is 4.34. The smallest absolute Gasteiger partial charge is 0.229 e. The number of hydrogen-bond acceptors (Lipinski definition) is 2. The molecule has 0 radical (unpaired) electrons. The molecule has 1 aromatic carbocycles. The normalized spacial score (nSPS) is 9.20. The van der Waals surface area contributed by atoms with Crippen LogP contribution in [0.4, 0.5) is 5.69 Å². The Morgan fingerprint density at radius 3 is 2.80 bits per heavy atom. The standard InChI is InChI=1S/C11H11ClN2O/c1-7-9(13)6-5-8(11(7)12)3-2-4-10(14)15/h5-6H,4,13H2,1H3,(H2,14,15). The van der Waals surface area contributed by atoms with E-state index in [1.807, 2.05) is 6.92 Å². The third-order valence-electron chi connectivity index (χ3n) is 1.91. The van der Waals surface area contributed by atoms with Gasteiger partial charge in [0.2, 0.25) is 5.91 Å². The van der Waals surface area contributed by atoms with Crippen LogP contribution < -0.4 is 11.5 Å². The summed E-state index contributed by atoms with van der Waals surface area (Å²) >= 11 is 6.02. The minimum Gasteiger partial charge on any atom is -0.398 e. The quantitative estimate of drug-likeness (QED) is 0.558. The molecule has 0 aromatic heterocycles. The van der Waals surface area contributed by atoms with Crippen molar-refractivity contribution in [3.05, 3.63) is 28.3 Å². The number of halogens is 1. The van der Waals surface area contributed by atoms with E-state index in [1.54, 1.807) is 12.1 Å². The Kier molecular flexibility index (Phi) is 3.59. The number of carbonyl (C=O) groups excluding carboxylic acids is 1. The summed E-state index contributed by atoms with van der Waals surface area (Å²) in [5.41, 5.74) is 12.7. The summed E-state index contributed by atoms with van der Waals surface area (Å²) in [5.74, 6) is 4.96. The Balaban J connectivity index is 3.00. The minimum atomic E-state index is -0.453. The van der Waals surface area contributed by atoms with Crippen LogP contribution in [-0.2, 0) is 4.79 Å². The van der Waals surface area contributed by atoms with Crippen LogP contribution in [0.2, 0.25) is 5.02 Å². The van der Waals surface area contributed by atoms with Crippen LogP contribution >= 0.6 is 11.6 Å². The van der Waals surface area contributed by atoms with Gasteiger partial charge in [0, 0.05) is 11.3 Å². The lowest BCUT2D eigenvalue weighted by Crippen LogP contribution is -2.08. The third-order valence-corrected chi connectivity index (χ3v) is 2.40. The number of anilines is 1. The molecule has 15 heavy (non-hydrogen) atoms. The van der Waals surface area contributed by atoms with Gasteiger partial charge in [-0.3, -0.25) is 4.79 Å². The number of amides is 1. The topological polar surface area (TPSA) is 69.1 Å². The average molecular weight is 223 g/mol. The Bertz CT molecular complexity index is 458. The Morgan fingerprint density at radius 2 is 2.20 bits per heavy atom. The second-order valence-corrected chi connectivity index (χ2v) is 3.46. The largest absolute Gasteiger partial charge is 0.398 e. The van der Waals surface area contributed by atoms with Gasteiger partial charge >= 0.3 is 0 Å². The summed E-state index contributed by atoms with van der Waals surface area (Å²) in [4.78, 5) is 10.5. The highest BCUT2D eigenvalue weighted by molar-refractivity contribution is 6.32. The summed E-state index contributed by atoms with van der Waals surface area (Å²) in [7, 11) is 0. The highest BCUT2D eigenvalue weighted by Crippen LogP contribution is 2.24. The number of nitrogen functional groups attached to an aromatic ring is 1. The van der Waals surface area contributed by atoms with Crippen molar-refractivity contribution >= 4 is 23.2 Å². The highest BCUT2D eigenvalue weighted by Gasteiger charge is 2.03. The molecule has 78 valence electrons. The monoisotopic (exact) mass is 222 g/mol.